The van der Waals surface area contributed by atoms with Gasteiger partial charge in [-0.3, -0.25) is 0 Å². The summed E-state index contributed by atoms with van der Waals surface area (Å²) in [6, 6.07) is 23.2. The van der Waals surface area contributed by atoms with Crippen LogP contribution in [0.3, 0.4) is 0 Å². The van der Waals surface area contributed by atoms with E-state index in [1.807, 2.05) is 22.7 Å². The molecule has 2 aromatic heterocycles. The van der Waals surface area contributed by atoms with Crippen molar-refractivity contribution in [1.82, 2.24) is 0 Å². The molecule has 0 saturated carbocycles. The summed E-state index contributed by atoms with van der Waals surface area (Å²) < 4.78 is 1.34. The van der Waals surface area contributed by atoms with Gasteiger partial charge in [0, 0.05) is 14.6 Å². The van der Waals surface area contributed by atoms with Crippen LogP contribution >= 0.6 is 38.6 Å². The van der Waals surface area contributed by atoms with Crippen LogP contribution in [0.4, 0.5) is 0 Å². The third-order valence-electron chi connectivity index (χ3n) is 11.2. The predicted octanol–water partition coefficient (Wildman–Crippen LogP) is 15.2. The molecule has 0 aliphatic carbocycles. The molecule has 0 N–H and O–H groups in total. The Hall–Kier alpha value is -1.46. The Morgan fingerprint density at radius 3 is 1.47 bits per heavy atom. The lowest BCUT2D eigenvalue weighted by molar-refractivity contribution is 0.666. The van der Waals surface area contributed by atoms with Crippen molar-refractivity contribution in [2.45, 2.75) is 162 Å². The highest BCUT2D eigenvalue weighted by molar-refractivity contribution is 9.11. The van der Waals surface area contributed by atoms with Crippen LogP contribution in [-0.4, -0.2) is 8.07 Å². The molecule has 2 aromatic carbocycles. The molecule has 1 aliphatic heterocycles. The largest absolute Gasteiger partial charge is 0.140 e. The number of fused-ring (bicyclic) bond motifs is 3. The molecule has 266 valence electrons. The number of hydrogen-bond donors (Lipinski definition) is 0. The van der Waals surface area contributed by atoms with E-state index in [1.165, 1.54) is 163 Å². The zero-order valence-electron chi connectivity index (χ0n) is 31.5. The van der Waals surface area contributed by atoms with Gasteiger partial charge < -0.3 is 0 Å². The molecule has 0 saturated heterocycles. The van der Waals surface area contributed by atoms with E-state index in [9.17, 15) is 0 Å². The topological polar surface area (TPSA) is 0 Å². The van der Waals surface area contributed by atoms with Gasteiger partial charge in [-0.15, -0.1) is 22.7 Å². The van der Waals surface area contributed by atoms with Crippen LogP contribution in [-0.2, 0) is 12.8 Å². The van der Waals surface area contributed by atoms with E-state index in [0.29, 0.717) is 0 Å². The quantitative estimate of drug-likeness (QED) is 0.0551. The van der Waals surface area contributed by atoms with Gasteiger partial charge in [-0.05, 0) is 117 Å². The Balaban J connectivity index is 1.54. The lowest BCUT2D eigenvalue weighted by Crippen LogP contribution is -2.55. The number of rotatable bonds is 22. The second-order valence-electron chi connectivity index (χ2n) is 14.9. The number of unbranched alkanes of at least 4 members (excludes halogenated alkanes) is 12. The van der Waals surface area contributed by atoms with Gasteiger partial charge in [0.05, 0.1) is 3.79 Å². The molecule has 0 amide bonds. The van der Waals surface area contributed by atoms with Crippen molar-refractivity contribution in [2.75, 3.05) is 0 Å². The van der Waals surface area contributed by atoms with Crippen molar-refractivity contribution < 1.29 is 0 Å². The van der Waals surface area contributed by atoms with Gasteiger partial charge >= 0.3 is 0 Å². The van der Waals surface area contributed by atoms with Crippen molar-refractivity contribution in [3.05, 3.63) is 68.3 Å². The summed E-state index contributed by atoms with van der Waals surface area (Å²) in [7, 11) is -1.98. The standard InChI is InChI=1S/C45H63BrS2Si/c1-6-10-14-18-22-35-30-41(47-34(35)5)36-24-26-39-40-27-25-37(42-31-38(45(46)48-42)23-19-15-11-7-2)33-44(40)49(43(39)32-36,28-20-16-12-8-3)29-21-17-13-9-4/h24-27,30-33H,6-23,28-29H2,1-5H3. The van der Waals surface area contributed by atoms with E-state index >= 15 is 0 Å². The Morgan fingerprint density at radius 1 is 0.510 bits per heavy atom. The van der Waals surface area contributed by atoms with Crippen LogP contribution < -0.4 is 10.4 Å². The summed E-state index contributed by atoms with van der Waals surface area (Å²) in [6.45, 7) is 11.7. The molecule has 3 heterocycles. The van der Waals surface area contributed by atoms with E-state index < -0.39 is 8.07 Å². The minimum Gasteiger partial charge on any atom is -0.140 e. The van der Waals surface area contributed by atoms with Crippen LogP contribution in [0.25, 0.3) is 32.0 Å². The van der Waals surface area contributed by atoms with Crippen LogP contribution in [0.5, 0.6) is 0 Å². The van der Waals surface area contributed by atoms with Crippen molar-refractivity contribution in [1.29, 1.82) is 0 Å². The van der Waals surface area contributed by atoms with Crippen molar-refractivity contribution in [3.8, 4) is 32.0 Å². The smallest absolute Gasteiger partial charge is 0.119 e. The van der Waals surface area contributed by atoms with Gasteiger partial charge in [0.1, 0.15) is 8.07 Å². The fourth-order valence-corrected chi connectivity index (χ4v) is 16.8. The molecule has 0 nitrogen and oxygen atoms in total. The summed E-state index contributed by atoms with van der Waals surface area (Å²) in [5, 5.41) is 3.50. The summed E-state index contributed by atoms with van der Waals surface area (Å²) >= 11 is 7.96. The average molecular weight is 776 g/mol. The van der Waals surface area contributed by atoms with E-state index in [2.05, 4.69) is 99.1 Å². The van der Waals surface area contributed by atoms with Gasteiger partial charge in [-0.1, -0.05) is 154 Å². The Morgan fingerprint density at radius 2 is 0.959 bits per heavy atom. The summed E-state index contributed by atoms with van der Waals surface area (Å²) in [6.07, 6.45) is 23.8. The van der Waals surface area contributed by atoms with E-state index in [1.54, 1.807) is 27.1 Å². The van der Waals surface area contributed by atoms with Gasteiger partial charge in [0.2, 0.25) is 0 Å². The number of thiophene rings is 2. The summed E-state index contributed by atoms with van der Waals surface area (Å²) in [4.78, 5) is 4.45. The van der Waals surface area contributed by atoms with Crippen LogP contribution in [0.1, 0.15) is 146 Å². The first-order valence-corrected chi connectivity index (χ1v) is 25.0. The second-order valence-corrected chi connectivity index (χ2v) is 22.8. The molecule has 0 atom stereocenters. The Bertz CT molecular complexity index is 1490. The average Bonchev–Trinajstić information content (AvgIpc) is 3.76. The van der Waals surface area contributed by atoms with Crippen LogP contribution in [0, 0.1) is 6.92 Å². The van der Waals surface area contributed by atoms with Gasteiger partial charge in [0.25, 0.3) is 0 Å². The number of aryl methyl sites for hydroxylation is 3. The first kappa shape index (κ1) is 38.8. The molecule has 4 aromatic rings. The highest BCUT2D eigenvalue weighted by Gasteiger charge is 2.44. The molecule has 4 heteroatoms. The van der Waals surface area contributed by atoms with E-state index in [-0.39, 0.29) is 0 Å². The van der Waals surface area contributed by atoms with Gasteiger partial charge in [-0.2, -0.15) is 0 Å². The number of benzene rings is 2. The van der Waals surface area contributed by atoms with Crippen molar-refractivity contribution >= 4 is 57.1 Å². The molecular weight excluding hydrogens is 713 g/mol. The number of halogens is 1. The molecule has 0 spiro atoms. The summed E-state index contributed by atoms with van der Waals surface area (Å²) in [5.74, 6) is 0. The normalized spacial score (nSPS) is 13.3. The molecule has 0 fully saturated rings. The third-order valence-corrected chi connectivity index (χ3v) is 19.7. The lowest BCUT2D eigenvalue weighted by Gasteiger charge is -2.31. The Labute approximate surface area is 317 Å². The molecule has 0 bridgehead atoms. The highest BCUT2D eigenvalue weighted by Crippen LogP contribution is 2.42. The fraction of sp³-hybridized carbons (Fsp3) is 0.556. The van der Waals surface area contributed by atoms with Gasteiger partial charge in [0.15, 0.2) is 0 Å². The maximum atomic E-state index is 3.98. The first-order valence-electron chi connectivity index (χ1n) is 20.1. The molecule has 0 radical (unpaired) electrons. The van der Waals surface area contributed by atoms with Crippen LogP contribution in [0.15, 0.2) is 52.3 Å². The summed E-state index contributed by atoms with van der Waals surface area (Å²) in [5.41, 5.74) is 9.10. The third kappa shape index (κ3) is 9.51. The van der Waals surface area contributed by atoms with Gasteiger partial charge in [-0.25, -0.2) is 0 Å². The van der Waals surface area contributed by atoms with E-state index in [0.717, 1.165) is 0 Å². The lowest BCUT2D eigenvalue weighted by atomic mass is 10.0. The minimum absolute atomic E-state index is 1.19. The maximum Gasteiger partial charge on any atom is 0.119 e. The van der Waals surface area contributed by atoms with E-state index in [4.69, 9.17) is 0 Å². The van der Waals surface area contributed by atoms with Crippen LogP contribution in [0.2, 0.25) is 12.1 Å². The zero-order valence-corrected chi connectivity index (χ0v) is 35.7. The highest BCUT2D eigenvalue weighted by atomic mass is 79.9. The minimum atomic E-state index is -1.98. The monoisotopic (exact) mass is 774 g/mol. The Kier molecular flexibility index (Phi) is 15.3. The SMILES string of the molecule is CCCCCCc1cc(-c2ccc3c(c2)[Si](CCCCCC)(CCCCCC)c2cc(-c4cc(CCCCCC)c(Br)s4)ccc2-3)sc1C. The molecule has 49 heavy (non-hydrogen) atoms. The molecular formula is C45H63BrS2Si. The number of hydrogen-bond acceptors (Lipinski definition) is 2. The first-order chi connectivity index (χ1) is 23.9. The predicted molar refractivity (Wildman–Crippen MR) is 230 cm³/mol. The second kappa shape index (κ2) is 19.4. The zero-order chi connectivity index (χ0) is 34.6. The molecule has 1 aliphatic rings. The molecule has 0 unspecified atom stereocenters. The molecule has 5 rings (SSSR count). The fourth-order valence-electron chi connectivity index (χ4n) is 8.29. The van der Waals surface area contributed by atoms with Crippen molar-refractivity contribution in [3.63, 3.8) is 0 Å². The maximum absolute atomic E-state index is 3.98. The van der Waals surface area contributed by atoms with Crippen molar-refractivity contribution in [2.24, 2.45) is 0 Å².